The van der Waals surface area contributed by atoms with Gasteiger partial charge in [0.2, 0.25) is 0 Å². The number of phosphoric acid groups is 1. The Labute approximate surface area is 286 Å². The van der Waals surface area contributed by atoms with Crippen molar-refractivity contribution in [1.82, 2.24) is 13.7 Å². The number of phosphoric ester groups is 1. The van der Waals surface area contributed by atoms with Crippen LogP contribution >= 0.6 is 30.5 Å². The number of hydrogen-bond acceptors (Lipinski definition) is 7. The van der Waals surface area contributed by atoms with Crippen LogP contribution in [-0.2, 0) is 52.7 Å². The number of aryl methyl sites for hydroxylation is 2. The van der Waals surface area contributed by atoms with Crippen LogP contribution in [0.2, 0.25) is 0 Å². The number of halogens is 4. The van der Waals surface area contributed by atoms with Gasteiger partial charge in [-0.25, -0.2) is 13.8 Å². The summed E-state index contributed by atoms with van der Waals surface area (Å²) in [5, 5.41) is 1.56. The van der Waals surface area contributed by atoms with E-state index in [2.05, 4.69) is 4.99 Å². The molecule has 0 saturated carbocycles. The Kier molecular flexibility index (Phi) is 10.1. The summed E-state index contributed by atoms with van der Waals surface area (Å²) >= 11 is 2.02. The van der Waals surface area contributed by atoms with Crippen LogP contribution in [0.3, 0.4) is 0 Å². The highest BCUT2D eigenvalue weighted by molar-refractivity contribution is 7.46. The van der Waals surface area contributed by atoms with Gasteiger partial charge in [0.25, 0.3) is 11.5 Å². The van der Waals surface area contributed by atoms with Crippen molar-refractivity contribution < 1.29 is 41.2 Å². The average molecular weight is 749 g/mol. The molecule has 0 aliphatic carbocycles. The quantitative estimate of drug-likeness (QED) is 0.172. The monoisotopic (exact) mass is 748 g/mol. The minimum absolute atomic E-state index is 0.0263. The lowest BCUT2D eigenvalue weighted by atomic mass is 9.68. The second-order valence-electron chi connectivity index (χ2n) is 13.6. The first-order valence-electron chi connectivity index (χ1n) is 14.9. The number of hydrogen-bond donors (Lipinski definition) is 2. The van der Waals surface area contributed by atoms with E-state index in [9.17, 15) is 46.3 Å². The van der Waals surface area contributed by atoms with Gasteiger partial charge in [0.05, 0.1) is 23.1 Å². The number of amides is 1. The van der Waals surface area contributed by atoms with Gasteiger partial charge in [0.15, 0.2) is 10.5 Å². The molecule has 0 radical (unpaired) electrons. The summed E-state index contributed by atoms with van der Waals surface area (Å²) in [5.74, 6) is -2.36. The predicted molar refractivity (Wildman–Crippen MR) is 179 cm³/mol. The molecule has 3 heterocycles. The van der Waals surface area contributed by atoms with Crippen LogP contribution in [0.4, 0.5) is 17.6 Å². The number of rotatable bonds is 7. The molecule has 1 amide bonds. The fraction of sp³-hybridized carbons (Fsp3) is 0.484. The minimum atomic E-state index is -5.36. The molecule has 0 spiro atoms. The molecule has 0 bridgehead atoms. The molecule has 2 N–H and O–H groups in total. The smallest absolute Gasteiger partial charge is 0.303 e. The van der Waals surface area contributed by atoms with E-state index in [0.717, 1.165) is 22.0 Å². The third kappa shape index (κ3) is 6.93. The Morgan fingerprint density at radius 1 is 1.02 bits per heavy atom. The maximum atomic E-state index is 14.9. The van der Waals surface area contributed by atoms with E-state index in [4.69, 9.17) is 4.52 Å². The number of thiazole rings is 1. The highest BCUT2D eigenvalue weighted by Crippen LogP contribution is 2.59. The third-order valence-electron chi connectivity index (χ3n) is 8.22. The summed E-state index contributed by atoms with van der Waals surface area (Å²) in [6, 6.07) is 2.20. The molecule has 0 unspecified atom stereocenters. The molecule has 0 atom stereocenters. The maximum absolute atomic E-state index is 14.9. The molecule has 0 fully saturated rings. The molecule has 1 aromatic carbocycles. The van der Waals surface area contributed by atoms with E-state index in [1.54, 1.807) is 41.5 Å². The maximum Gasteiger partial charge on any atom is 0.471 e. The van der Waals surface area contributed by atoms with Crippen LogP contribution in [0.1, 0.15) is 64.5 Å². The fourth-order valence-corrected chi connectivity index (χ4v) is 9.49. The molecule has 268 valence electrons. The number of benzene rings is 1. The van der Waals surface area contributed by atoms with Crippen molar-refractivity contribution in [1.29, 1.82) is 0 Å². The largest absolute Gasteiger partial charge is 0.471 e. The van der Waals surface area contributed by atoms with Crippen molar-refractivity contribution in [2.24, 2.45) is 29.9 Å². The van der Waals surface area contributed by atoms with Gasteiger partial charge >= 0.3 is 19.7 Å². The van der Waals surface area contributed by atoms with Gasteiger partial charge in [-0.3, -0.25) is 27.8 Å². The molecule has 0 aliphatic rings. The molecule has 18 heteroatoms. The van der Waals surface area contributed by atoms with Gasteiger partial charge < -0.3 is 9.79 Å². The van der Waals surface area contributed by atoms with Crippen LogP contribution in [-0.4, -0.2) is 29.4 Å². The zero-order chi connectivity index (χ0) is 37.2. The van der Waals surface area contributed by atoms with Crippen molar-refractivity contribution >= 4 is 46.6 Å². The van der Waals surface area contributed by atoms with E-state index in [0.29, 0.717) is 33.8 Å². The van der Waals surface area contributed by atoms with Gasteiger partial charge in [-0.15, -0.1) is 22.7 Å². The SMILES string of the molecule is CCc1sc2c(c1CC(=O)N=c1scc(-c3ccc(C(F)(F)F)c(F)c3)n1C(OP(=O)(O)O)(C(C)(C)C)C(C)(C)C)c(=O)n(C)c(=O)n2C. The lowest BCUT2D eigenvalue weighted by Crippen LogP contribution is -2.59. The van der Waals surface area contributed by atoms with Crippen molar-refractivity contribution in [3.63, 3.8) is 0 Å². The molecule has 49 heavy (non-hydrogen) atoms. The van der Waals surface area contributed by atoms with Crippen LogP contribution in [0.15, 0.2) is 38.2 Å². The summed E-state index contributed by atoms with van der Waals surface area (Å²) in [6.07, 6.45) is -4.95. The number of fused-ring (bicyclic) bond motifs is 1. The summed E-state index contributed by atoms with van der Waals surface area (Å²) in [7, 11) is -2.53. The molecule has 4 rings (SSSR count). The van der Waals surface area contributed by atoms with Gasteiger partial charge in [0, 0.05) is 40.7 Å². The molecule has 0 saturated heterocycles. The average Bonchev–Trinajstić information content (AvgIpc) is 3.52. The highest BCUT2D eigenvalue weighted by atomic mass is 32.1. The molecular weight excluding hydrogens is 711 g/mol. The Morgan fingerprint density at radius 2 is 1.61 bits per heavy atom. The second-order valence-corrected chi connectivity index (χ2v) is 16.7. The van der Waals surface area contributed by atoms with Gasteiger partial charge in [-0.05, 0) is 24.1 Å². The van der Waals surface area contributed by atoms with Gasteiger partial charge in [-0.1, -0.05) is 54.5 Å². The lowest BCUT2D eigenvalue weighted by molar-refractivity contribution is -0.191. The number of carbonyl (C=O) groups excluding carboxylic acids is 1. The summed E-state index contributed by atoms with van der Waals surface area (Å²) in [6.45, 7) is 11.5. The standard InChI is InChI=1S/C31H37F4N4O7PS2/c1-10-21-17(23-24(41)37(8)27(42)38(9)25(23)49-21)14-22(40)36-26-39(31(28(2,3)4,29(5,6)7)46-47(43,44)45)20(15-48-26)16-11-12-18(19(32)13-16)30(33,34)35/h11-13,15H,10,14H2,1-9H3,(H2,43,44,45). The van der Waals surface area contributed by atoms with E-state index in [-0.39, 0.29) is 21.4 Å². The van der Waals surface area contributed by atoms with Crippen molar-refractivity contribution in [2.45, 2.75) is 73.2 Å². The topological polar surface area (TPSA) is 145 Å². The highest BCUT2D eigenvalue weighted by Gasteiger charge is 2.58. The van der Waals surface area contributed by atoms with Gasteiger partial charge in [-0.2, -0.15) is 18.2 Å². The Balaban J connectivity index is 2.08. The first-order valence-corrected chi connectivity index (χ1v) is 18.1. The van der Waals surface area contributed by atoms with Crippen LogP contribution < -0.4 is 16.1 Å². The molecular formula is C31H37F4N4O7PS2. The summed E-state index contributed by atoms with van der Waals surface area (Å²) < 4.78 is 77.1. The molecule has 4 aromatic rings. The number of thiophene rings is 1. The predicted octanol–water partition coefficient (Wildman–Crippen LogP) is 6.07. The number of aromatic nitrogens is 3. The van der Waals surface area contributed by atoms with E-state index < -0.39 is 65.5 Å². The van der Waals surface area contributed by atoms with Crippen molar-refractivity contribution in [3.8, 4) is 11.3 Å². The van der Waals surface area contributed by atoms with Crippen LogP contribution in [0, 0.1) is 16.6 Å². The second kappa shape index (κ2) is 12.8. The zero-order valence-electron chi connectivity index (χ0n) is 28.2. The van der Waals surface area contributed by atoms with Crippen LogP contribution in [0.5, 0.6) is 0 Å². The molecule has 11 nitrogen and oxygen atoms in total. The number of alkyl halides is 3. The number of carbonyl (C=O) groups is 1. The summed E-state index contributed by atoms with van der Waals surface area (Å²) in [4.78, 5) is 65.3. The van der Waals surface area contributed by atoms with E-state index >= 15 is 0 Å². The third-order valence-corrected chi connectivity index (χ3v) is 11.0. The first-order chi connectivity index (χ1) is 22.3. The normalized spacial score (nSPS) is 13.9. The molecule has 3 aromatic heterocycles. The van der Waals surface area contributed by atoms with Crippen molar-refractivity contribution in [2.75, 3.05) is 0 Å². The van der Waals surface area contributed by atoms with Gasteiger partial charge in [0.1, 0.15) is 10.6 Å². The minimum Gasteiger partial charge on any atom is -0.303 e. The van der Waals surface area contributed by atoms with Crippen LogP contribution in [0.25, 0.3) is 21.5 Å². The summed E-state index contributed by atoms with van der Waals surface area (Å²) in [5.41, 5.74) is -6.92. The zero-order valence-corrected chi connectivity index (χ0v) is 30.8. The Bertz CT molecular complexity index is 2180. The Hall–Kier alpha value is -3.21. The van der Waals surface area contributed by atoms with E-state index in [1.807, 2.05) is 6.92 Å². The van der Waals surface area contributed by atoms with Crippen molar-refractivity contribution in [3.05, 3.63) is 71.0 Å². The van der Waals surface area contributed by atoms with E-state index in [1.165, 1.54) is 39.9 Å². The Morgan fingerprint density at radius 3 is 2.10 bits per heavy atom. The lowest BCUT2D eigenvalue weighted by Gasteiger charge is -2.53. The number of nitrogens with zero attached hydrogens (tertiary/aromatic N) is 4. The first kappa shape index (κ1) is 38.6. The molecule has 0 aliphatic heterocycles. The fourth-order valence-electron chi connectivity index (χ4n) is 6.37.